The van der Waals surface area contributed by atoms with Crippen LogP contribution in [0.25, 0.3) is 0 Å². The van der Waals surface area contributed by atoms with Gasteiger partial charge in [-0.1, -0.05) is 48.0 Å². The number of carbonyl (C=O) groups is 1. The number of halogens is 1. The number of nitrogens with one attached hydrogen (secondary N) is 1. The minimum absolute atomic E-state index is 0.190. The summed E-state index contributed by atoms with van der Waals surface area (Å²) in [6.45, 7) is 2.96. The molecule has 0 fully saturated rings. The number of thiophene rings is 1. The Labute approximate surface area is 183 Å². The van der Waals surface area contributed by atoms with E-state index in [-0.39, 0.29) is 5.91 Å². The first kappa shape index (κ1) is 20.2. The molecule has 1 amide bonds. The SMILES string of the molecule is Cc1ccccc1OCc1csc(C(=O)Nc2ccn(Cc3ccccc3Cl)n2)c1. The second kappa shape index (κ2) is 9.15. The molecule has 0 atom stereocenters. The van der Waals surface area contributed by atoms with E-state index in [4.69, 9.17) is 16.3 Å². The third-order valence-electron chi connectivity index (χ3n) is 4.54. The number of hydrogen-bond acceptors (Lipinski definition) is 4. The Morgan fingerprint density at radius 3 is 2.80 bits per heavy atom. The van der Waals surface area contributed by atoms with E-state index in [1.165, 1.54) is 11.3 Å². The van der Waals surface area contributed by atoms with Gasteiger partial charge < -0.3 is 10.1 Å². The molecule has 0 radical (unpaired) electrons. The third-order valence-corrected chi connectivity index (χ3v) is 5.88. The Bertz CT molecular complexity index is 1170. The maximum atomic E-state index is 12.6. The molecule has 2 aromatic heterocycles. The first-order chi connectivity index (χ1) is 14.6. The molecule has 0 saturated carbocycles. The topological polar surface area (TPSA) is 56.1 Å². The zero-order chi connectivity index (χ0) is 20.9. The summed E-state index contributed by atoms with van der Waals surface area (Å²) in [4.78, 5) is 13.2. The Morgan fingerprint density at radius 2 is 1.97 bits per heavy atom. The van der Waals surface area contributed by atoms with Crippen LogP contribution in [-0.4, -0.2) is 15.7 Å². The summed E-state index contributed by atoms with van der Waals surface area (Å²) < 4.78 is 7.60. The highest BCUT2D eigenvalue weighted by molar-refractivity contribution is 7.12. The van der Waals surface area contributed by atoms with Crippen molar-refractivity contribution in [2.24, 2.45) is 0 Å². The standard InChI is InChI=1S/C23H20ClN3O2S/c1-16-6-2-5-9-20(16)29-14-17-12-21(30-15-17)23(28)25-22-10-11-27(26-22)13-18-7-3-4-8-19(18)24/h2-12,15H,13-14H2,1H3,(H,25,26,28). The summed E-state index contributed by atoms with van der Waals surface area (Å²) in [6.07, 6.45) is 1.81. The van der Waals surface area contributed by atoms with Gasteiger partial charge in [-0.3, -0.25) is 9.48 Å². The lowest BCUT2D eigenvalue weighted by atomic mass is 10.2. The Kier molecular flexibility index (Phi) is 6.16. The van der Waals surface area contributed by atoms with E-state index in [1.807, 2.05) is 73.1 Å². The van der Waals surface area contributed by atoms with Crippen LogP contribution < -0.4 is 10.1 Å². The van der Waals surface area contributed by atoms with Gasteiger partial charge in [-0.25, -0.2) is 0 Å². The smallest absolute Gasteiger partial charge is 0.266 e. The Balaban J connectivity index is 1.35. The van der Waals surface area contributed by atoms with Crippen LogP contribution >= 0.6 is 22.9 Å². The molecule has 5 nitrogen and oxygen atoms in total. The maximum Gasteiger partial charge on any atom is 0.266 e. The number of carbonyl (C=O) groups excluding carboxylic acids is 1. The predicted octanol–water partition coefficient (Wildman–Crippen LogP) is 5.79. The summed E-state index contributed by atoms with van der Waals surface area (Å²) in [5, 5.41) is 9.88. The quantitative estimate of drug-likeness (QED) is 0.398. The van der Waals surface area contributed by atoms with Gasteiger partial charge in [-0.15, -0.1) is 11.3 Å². The van der Waals surface area contributed by atoms with Crippen molar-refractivity contribution in [2.45, 2.75) is 20.1 Å². The highest BCUT2D eigenvalue weighted by Gasteiger charge is 2.12. The fraction of sp³-hybridized carbons (Fsp3) is 0.130. The number of rotatable bonds is 7. The van der Waals surface area contributed by atoms with Crippen LogP contribution in [0.2, 0.25) is 5.02 Å². The van der Waals surface area contributed by atoms with Gasteiger partial charge in [0, 0.05) is 22.8 Å². The van der Waals surface area contributed by atoms with Gasteiger partial charge in [-0.05, 0) is 41.6 Å². The molecule has 0 aliphatic rings. The lowest BCUT2D eigenvalue weighted by Crippen LogP contribution is -2.11. The van der Waals surface area contributed by atoms with Crippen LogP contribution in [0, 0.1) is 6.92 Å². The molecule has 0 bridgehead atoms. The van der Waals surface area contributed by atoms with Gasteiger partial charge in [0.1, 0.15) is 12.4 Å². The molecule has 1 N–H and O–H groups in total. The highest BCUT2D eigenvalue weighted by atomic mass is 35.5. The first-order valence-electron chi connectivity index (χ1n) is 9.42. The highest BCUT2D eigenvalue weighted by Crippen LogP contribution is 2.21. The summed E-state index contributed by atoms with van der Waals surface area (Å²) in [5.74, 6) is 1.15. The van der Waals surface area contributed by atoms with Crippen molar-refractivity contribution in [3.63, 3.8) is 0 Å². The van der Waals surface area contributed by atoms with E-state index < -0.39 is 0 Å². The van der Waals surface area contributed by atoms with Crippen molar-refractivity contribution in [3.05, 3.63) is 98.8 Å². The molecular weight excluding hydrogens is 418 g/mol. The van der Waals surface area contributed by atoms with Gasteiger partial charge in [-0.2, -0.15) is 5.10 Å². The Morgan fingerprint density at radius 1 is 1.17 bits per heavy atom. The molecule has 4 rings (SSSR count). The van der Waals surface area contributed by atoms with Crippen molar-refractivity contribution in [2.75, 3.05) is 5.32 Å². The van der Waals surface area contributed by atoms with E-state index in [0.717, 1.165) is 22.4 Å². The number of amides is 1. The second-order valence-corrected chi connectivity index (χ2v) is 8.14. The van der Waals surface area contributed by atoms with Gasteiger partial charge >= 0.3 is 0 Å². The van der Waals surface area contributed by atoms with Gasteiger partial charge in [0.2, 0.25) is 0 Å². The first-order valence-corrected chi connectivity index (χ1v) is 10.7. The van der Waals surface area contributed by atoms with Crippen molar-refractivity contribution < 1.29 is 9.53 Å². The van der Waals surface area contributed by atoms with Crippen LogP contribution in [0.1, 0.15) is 26.4 Å². The molecule has 2 heterocycles. The lowest BCUT2D eigenvalue weighted by Gasteiger charge is -2.07. The molecule has 0 unspecified atom stereocenters. The van der Waals surface area contributed by atoms with Crippen LogP contribution in [0.15, 0.2) is 72.2 Å². The van der Waals surface area contributed by atoms with E-state index >= 15 is 0 Å². The molecule has 30 heavy (non-hydrogen) atoms. The van der Waals surface area contributed by atoms with E-state index in [9.17, 15) is 4.79 Å². The normalized spacial score (nSPS) is 10.7. The zero-order valence-corrected chi connectivity index (χ0v) is 17.9. The molecule has 0 aliphatic heterocycles. The van der Waals surface area contributed by atoms with E-state index in [0.29, 0.717) is 28.9 Å². The van der Waals surface area contributed by atoms with Gasteiger partial charge in [0.25, 0.3) is 5.91 Å². The number of aromatic nitrogens is 2. The number of aryl methyl sites for hydroxylation is 1. The van der Waals surface area contributed by atoms with Crippen molar-refractivity contribution >= 4 is 34.7 Å². The fourth-order valence-electron chi connectivity index (χ4n) is 2.95. The number of hydrogen-bond donors (Lipinski definition) is 1. The molecule has 2 aromatic carbocycles. The van der Waals surface area contributed by atoms with E-state index in [1.54, 1.807) is 10.7 Å². The number of benzene rings is 2. The summed E-state index contributed by atoms with van der Waals surface area (Å²) in [5.41, 5.74) is 3.01. The number of nitrogens with zero attached hydrogens (tertiary/aromatic N) is 2. The van der Waals surface area contributed by atoms with Crippen LogP contribution in [0.4, 0.5) is 5.82 Å². The molecule has 152 valence electrons. The van der Waals surface area contributed by atoms with Crippen molar-refractivity contribution in [1.82, 2.24) is 9.78 Å². The number of anilines is 1. The van der Waals surface area contributed by atoms with Crippen LogP contribution in [0.3, 0.4) is 0 Å². The second-order valence-electron chi connectivity index (χ2n) is 6.82. The van der Waals surface area contributed by atoms with Crippen LogP contribution in [-0.2, 0) is 13.2 Å². The third kappa shape index (κ3) is 4.90. The molecule has 7 heteroatoms. The summed E-state index contributed by atoms with van der Waals surface area (Å²) in [7, 11) is 0. The predicted molar refractivity (Wildman–Crippen MR) is 121 cm³/mol. The molecule has 0 spiro atoms. The molecular formula is C23H20ClN3O2S. The minimum atomic E-state index is -0.190. The largest absolute Gasteiger partial charge is 0.489 e. The minimum Gasteiger partial charge on any atom is -0.489 e. The molecule has 0 saturated heterocycles. The lowest BCUT2D eigenvalue weighted by molar-refractivity contribution is 0.103. The summed E-state index contributed by atoms with van der Waals surface area (Å²) >= 11 is 7.58. The monoisotopic (exact) mass is 437 g/mol. The summed E-state index contributed by atoms with van der Waals surface area (Å²) in [6, 6.07) is 19.1. The van der Waals surface area contributed by atoms with E-state index in [2.05, 4.69) is 10.4 Å². The molecule has 4 aromatic rings. The zero-order valence-electron chi connectivity index (χ0n) is 16.3. The molecule has 0 aliphatic carbocycles. The average Bonchev–Trinajstić information content (AvgIpc) is 3.39. The van der Waals surface area contributed by atoms with Crippen molar-refractivity contribution in [1.29, 1.82) is 0 Å². The number of para-hydroxylation sites is 1. The van der Waals surface area contributed by atoms with Gasteiger partial charge in [0.15, 0.2) is 5.82 Å². The maximum absolute atomic E-state index is 12.6. The fourth-order valence-corrected chi connectivity index (χ4v) is 3.93. The average molecular weight is 438 g/mol. The Hall–Kier alpha value is -3.09. The van der Waals surface area contributed by atoms with Gasteiger partial charge in [0.05, 0.1) is 11.4 Å². The number of ether oxygens (including phenoxy) is 1. The van der Waals surface area contributed by atoms with Crippen LogP contribution in [0.5, 0.6) is 5.75 Å². The van der Waals surface area contributed by atoms with Crippen molar-refractivity contribution in [3.8, 4) is 5.75 Å².